The molecule has 15 heteroatoms. The highest BCUT2D eigenvalue weighted by molar-refractivity contribution is 7.27. The van der Waals surface area contributed by atoms with Gasteiger partial charge in [-0.15, -0.1) is 34.0 Å². The summed E-state index contributed by atoms with van der Waals surface area (Å²) in [6.45, 7) is 0. The van der Waals surface area contributed by atoms with E-state index in [4.69, 9.17) is 44.9 Å². The number of hydrogen-bond acceptors (Lipinski definition) is 12. The molecule has 16 aromatic carbocycles. The third-order valence-corrected chi connectivity index (χ3v) is 25.9. The molecule has 0 aliphatic heterocycles. The number of para-hydroxylation sites is 3. The van der Waals surface area contributed by atoms with E-state index < -0.39 is 0 Å². The van der Waals surface area contributed by atoms with Crippen molar-refractivity contribution in [2.24, 2.45) is 0 Å². The van der Waals surface area contributed by atoms with Crippen LogP contribution in [0.1, 0.15) is 0 Å². The van der Waals surface area contributed by atoms with Crippen molar-refractivity contribution in [2.45, 2.75) is 0 Å². The van der Waals surface area contributed by atoms with Crippen molar-refractivity contribution in [1.29, 1.82) is 0 Å². The SMILES string of the molecule is c1ccc(-c2nc(-c3ccccc3)nc(-c3ccc(-n4c5ccccc5c5c6sc7ccccc7c6ccc54)cc3)n2)cc1.c1ccc(-c2nc(-c3ccccc3)nc(-n3c4ccccc4c4cc5c(cc43)sc3ccccc35)n2)cc1.c1ccc(-c2nc(-c3ccccc3)nc(-n3c4ccccc4c4ccc5c6ccccc6sc5c43)n2)cc1. The van der Waals surface area contributed by atoms with Crippen LogP contribution in [-0.4, -0.2) is 58.6 Å². The zero-order valence-corrected chi connectivity index (χ0v) is 66.5. The first-order valence-corrected chi connectivity index (χ1v) is 42.2. The number of benzene rings is 16. The molecule has 0 N–H and O–H groups in total. The largest absolute Gasteiger partial charge is 0.309 e. The smallest absolute Gasteiger partial charge is 0.238 e. The number of rotatable bonds is 10. The predicted molar refractivity (Wildman–Crippen MR) is 499 cm³/mol. The minimum atomic E-state index is 0.615. The Morgan fingerprint density at radius 3 is 0.967 bits per heavy atom. The molecule has 9 heterocycles. The lowest BCUT2D eigenvalue weighted by molar-refractivity contribution is 0.954. The van der Waals surface area contributed by atoms with Crippen LogP contribution < -0.4 is 0 Å². The van der Waals surface area contributed by atoms with E-state index in [9.17, 15) is 0 Å². The molecule has 0 bridgehead atoms. The fourth-order valence-electron chi connectivity index (χ4n) is 16.8. The number of fused-ring (bicyclic) bond motifs is 20. The van der Waals surface area contributed by atoms with Crippen LogP contribution in [0.5, 0.6) is 0 Å². The topological polar surface area (TPSA) is 131 Å². The molecule has 0 amide bonds. The van der Waals surface area contributed by atoms with E-state index in [1.54, 1.807) is 0 Å². The van der Waals surface area contributed by atoms with Crippen LogP contribution in [0.4, 0.5) is 0 Å². The molecule has 0 saturated heterocycles. The van der Waals surface area contributed by atoms with Gasteiger partial charge in [-0.05, 0) is 78.9 Å². The number of thiophene rings is 3. The summed E-state index contributed by atoms with van der Waals surface area (Å²) in [5.41, 5.74) is 14.6. The molecule has 0 saturated carbocycles. The fraction of sp³-hybridized carbons (Fsp3) is 0. The van der Waals surface area contributed by atoms with Crippen LogP contribution in [0.2, 0.25) is 0 Å². The molecule has 0 spiro atoms. The van der Waals surface area contributed by atoms with E-state index in [1.807, 2.05) is 216 Å². The Hall–Kier alpha value is -15.4. The maximum atomic E-state index is 5.08. The molecule has 12 nitrogen and oxygen atoms in total. The Balaban J connectivity index is 0.000000105. The third-order valence-electron chi connectivity index (χ3n) is 22.4. The van der Waals surface area contributed by atoms with Crippen molar-refractivity contribution in [2.75, 3.05) is 0 Å². The first kappa shape index (κ1) is 70.1. The summed E-state index contributed by atoms with van der Waals surface area (Å²) in [6.07, 6.45) is 0. The lowest BCUT2D eigenvalue weighted by Crippen LogP contribution is -2.06. The molecule has 0 aliphatic carbocycles. The average molecular weight is 1590 g/mol. The molecule has 0 atom stereocenters. The van der Waals surface area contributed by atoms with Crippen molar-refractivity contribution in [3.05, 3.63) is 388 Å². The van der Waals surface area contributed by atoms with Crippen molar-refractivity contribution in [1.82, 2.24) is 58.6 Å². The van der Waals surface area contributed by atoms with Gasteiger partial charge in [-0.1, -0.05) is 309 Å². The summed E-state index contributed by atoms with van der Waals surface area (Å²) >= 11 is 5.53. The standard InChI is InChI=1S/C39H24N4S.2C33H20N4S/c1-3-11-25(12-4-1)37-40-38(26-13-5-2-6-14-26)42-39(41-37)27-19-21-28(22-20-27)43-32-17-9-7-16-31(32)35-33(43)24-23-30-29-15-8-10-18-34(29)44-36(30)35;1-3-11-21(12-4-1)31-34-32(22-13-5-2-6-14-22)36-33(35-31)37-27-17-9-7-15-23(27)25-19-26-24-16-8-10-18-29(24)38-30(26)20-28(25)37;1-3-11-21(12-4-1)31-34-32(22-13-5-2-6-14-22)36-33(35-31)37-27-17-9-7-15-23(27)25-19-20-26-24-16-8-10-18-28(24)38-30(26)29(25)37/h1-24H;2*1-20H. The van der Waals surface area contributed by atoms with Gasteiger partial charge in [0.15, 0.2) is 40.8 Å². The van der Waals surface area contributed by atoms with E-state index >= 15 is 0 Å². The molecule has 0 radical (unpaired) electrons. The quantitative estimate of drug-likeness (QED) is 0.131. The fourth-order valence-corrected chi connectivity index (χ4v) is 20.5. The zero-order chi connectivity index (χ0) is 79.1. The van der Waals surface area contributed by atoms with Crippen LogP contribution in [-0.2, 0) is 0 Å². The van der Waals surface area contributed by atoms with E-state index in [0.717, 1.165) is 66.7 Å². The molecular formula is C105H64N12S3. The molecule has 25 rings (SSSR count). The van der Waals surface area contributed by atoms with E-state index in [2.05, 4.69) is 220 Å². The minimum Gasteiger partial charge on any atom is -0.309 e. The van der Waals surface area contributed by atoms with Crippen LogP contribution in [0.25, 0.3) is 223 Å². The Bertz CT molecular complexity index is 8100. The van der Waals surface area contributed by atoms with E-state index in [1.165, 1.54) is 104 Å². The number of hydrogen-bond donors (Lipinski definition) is 0. The summed E-state index contributed by atoms with van der Waals surface area (Å²) in [5.74, 6) is 5.83. The maximum absolute atomic E-state index is 5.08. The Morgan fingerprint density at radius 2 is 0.500 bits per heavy atom. The molecule has 9 aromatic heterocycles. The van der Waals surface area contributed by atoms with Gasteiger partial charge >= 0.3 is 0 Å². The predicted octanol–water partition coefficient (Wildman–Crippen LogP) is 27.7. The molecule has 120 heavy (non-hydrogen) atoms. The van der Waals surface area contributed by atoms with Crippen molar-refractivity contribution in [3.63, 3.8) is 0 Å². The zero-order valence-electron chi connectivity index (χ0n) is 64.0. The second kappa shape index (κ2) is 29.4. The van der Waals surface area contributed by atoms with Gasteiger partial charge in [0.2, 0.25) is 11.9 Å². The molecular weight excluding hydrogens is 1530 g/mol. The second-order valence-electron chi connectivity index (χ2n) is 29.5. The first-order chi connectivity index (χ1) is 59.5. The summed E-state index contributed by atoms with van der Waals surface area (Å²) in [5, 5.41) is 15.1. The van der Waals surface area contributed by atoms with E-state index in [-0.39, 0.29) is 0 Å². The highest BCUT2D eigenvalue weighted by atomic mass is 32.1. The van der Waals surface area contributed by atoms with Gasteiger partial charge in [0.05, 0.1) is 37.8 Å². The lowest BCUT2D eigenvalue weighted by atomic mass is 10.1. The van der Waals surface area contributed by atoms with Gasteiger partial charge in [-0.2, -0.15) is 19.9 Å². The normalized spacial score (nSPS) is 11.7. The monoisotopic (exact) mass is 1590 g/mol. The lowest BCUT2D eigenvalue weighted by Gasteiger charge is -2.11. The highest BCUT2D eigenvalue weighted by Crippen LogP contribution is 2.47. The van der Waals surface area contributed by atoms with Gasteiger partial charge in [-0.25, -0.2) is 24.9 Å². The van der Waals surface area contributed by atoms with E-state index in [0.29, 0.717) is 52.7 Å². The summed E-state index contributed by atoms with van der Waals surface area (Å²) in [7, 11) is 0. The van der Waals surface area contributed by atoms with Gasteiger partial charge in [-0.3, -0.25) is 9.13 Å². The Morgan fingerprint density at radius 1 is 0.175 bits per heavy atom. The van der Waals surface area contributed by atoms with Crippen LogP contribution >= 0.6 is 34.0 Å². The molecule has 0 unspecified atom stereocenters. The first-order valence-electron chi connectivity index (χ1n) is 39.7. The Kier molecular flexibility index (Phi) is 17.2. The number of nitrogens with zero attached hydrogens (tertiary/aromatic N) is 12. The van der Waals surface area contributed by atoms with Crippen LogP contribution in [0.3, 0.4) is 0 Å². The van der Waals surface area contributed by atoms with Gasteiger partial charge in [0, 0.05) is 133 Å². The molecule has 25 aromatic rings. The average Bonchev–Trinajstić information content (AvgIpc) is 1.60. The van der Waals surface area contributed by atoms with Gasteiger partial charge in [0.25, 0.3) is 0 Å². The summed E-state index contributed by atoms with van der Waals surface area (Å²) in [6, 6.07) is 135. The third kappa shape index (κ3) is 12.2. The van der Waals surface area contributed by atoms with Crippen LogP contribution in [0, 0.1) is 0 Å². The second-order valence-corrected chi connectivity index (χ2v) is 32.7. The maximum Gasteiger partial charge on any atom is 0.238 e. The summed E-state index contributed by atoms with van der Waals surface area (Å²) in [4.78, 5) is 44.7. The number of aromatic nitrogens is 12. The van der Waals surface area contributed by atoms with Crippen LogP contribution in [0.15, 0.2) is 388 Å². The highest BCUT2D eigenvalue weighted by Gasteiger charge is 2.25. The van der Waals surface area contributed by atoms with Gasteiger partial charge < -0.3 is 4.57 Å². The molecule has 0 aliphatic rings. The Labute approximate surface area is 698 Å². The van der Waals surface area contributed by atoms with Crippen molar-refractivity contribution < 1.29 is 0 Å². The van der Waals surface area contributed by atoms with Crippen molar-refractivity contribution >= 4 is 160 Å². The minimum absolute atomic E-state index is 0.615. The van der Waals surface area contributed by atoms with Crippen molar-refractivity contribution in [3.8, 4) is 97.3 Å². The summed E-state index contributed by atoms with van der Waals surface area (Å²) < 4.78 is 14.5. The molecule has 0 fully saturated rings. The molecule has 562 valence electrons. The van der Waals surface area contributed by atoms with Gasteiger partial charge in [0.1, 0.15) is 0 Å².